The number of aromatic amines is 1. The van der Waals surface area contributed by atoms with Crippen molar-refractivity contribution in [2.24, 2.45) is 0 Å². The van der Waals surface area contributed by atoms with Crippen LogP contribution in [-0.2, 0) is 0 Å². The standard InChI is InChI=1S/C13H14N2O4/c1-6-4-10(19-3)12(16)11(7(6)2)8-5-9(13(17)18)15-14-8/h4-5,16H,1-3H3,(H,14,15)(H,17,18). The summed E-state index contributed by atoms with van der Waals surface area (Å²) < 4.78 is 5.09. The molecule has 2 rings (SSSR count). The van der Waals surface area contributed by atoms with E-state index in [1.807, 2.05) is 13.8 Å². The second-order valence-electron chi connectivity index (χ2n) is 4.22. The lowest BCUT2D eigenvalue weighted by atomic mass is 9.99. The molecule has 0 aliphatic carbocycles. The fourth-order valence-corrected chi connectivity index (χ4v) is 1.90. The fourth-order valence-electron chi connectivity index (χ4n) is 1.90. The van der Waals surface area contributed by atoms with Crippen LogP contribution in [0.2, 0.25) is 0 Å². The molecule has 0 amide bonds. The van der Waals surface area contributed by atoms with Crippen molar-refractivity contribution in [3.05, 3.63) is 29.0 Å². The quantitative estimate of drug-likeness (QED) is 0.787. The van der Waals surface area contributed by atoms with Gasteiger partial charge in [-0.1, -0.05) is 0 Å². The van der Waals surface area contributed by atoms with Crippen LogP contribution < -0.4 is 4.74 Å². The molecule has 2 aromatic rings. The summed E-state index contributed by atoms with van der Waals surface area (Å²) in [5.41, 5.74) is 2.55. The van der Waals surface area contributed by atoms with Gasteiger partial charge in [-0.15, -0.1) is 0 Å². The molecule has 0 radical (unpaired) electrons. The van der Waals surface area contributed by atoms with E-state index in [0.717, 1.165) is 11.1 Å². The van der Waals surface area contributed by atoms with Gasteiger partial charge in [-0.2, -0.15) is 5.10 Å². The van der Waals surface area contributed by atoms with Gasteiger partial charge in [0.25, 0.3) is 0 Å². The van der Waals surface area contributed by atoms with E-state index in [-0.39, 0.29) is 11.4 Å². The highest BCUT2D eigenvalue weighted by atomic mass is 16.5. The van der Waals surface area contributed by atoms with Gasteiger partial charge in [0.05, 0.1) is 18.4 Å². The molecule has 3 N–H and O–H groups in total. The molecular weight excluding hydrogens is 248 g/mol. The van der Waals surface area contributed by atoms with Crippen molar-refractivity contribution >= 4 is 5.97 Å². The molecule has 0 fully saturated rings. The zero-order valence-corrected chi connectivity index (χ0v) is 10.8. The largest absolute Gasteiger partial charge is 0.504 e. The van der Waals surface area contributed by atoms with E-state index in [1.54, 1.807) is 6.07 Å². The number of aromatic carboxylic acids is 1. The molecule has 0 unspecified atom stereocenters. The van der Waals surface area contributed by atoms with Crippen molar-refractivity contribution in [2.45, 2.75) is 13.8 Å². The van der Waals surface area contributed by atoms with Gasteiger partial charge in [0.15, 0.2) is 11.5 Å². The number of nitrogens with zero attached hydrogens (tertiary/aromatic N) is 1. The van der Waals surface area contributed by atoms with Gasteiger partial charge in [-0.25, -0.2) is 4.79 Å². The number of carbonyl (C=O) groups is 1. The van der Waals surface area contributed by atoms with E-state index >= 15 is 0 Å². The number of carboxylic acids is 1. The van der Waals surface area contributed by atoms with Crippen LogP contribution in [0.1, 0.15) is 21.6 Å². The number of benzene rings is 1. The van der Waals surface area contributed by atoms with E-state index in [1.165, 1.54) is 13.2 Å². The molecular formula is C13H14N2O4. The van der Waals surface area contributed by atoms with Gasteiger partial charge in [0, 0.05) is 0 Å². The lowest BCUT2D eigenvalue weighted by Gasteiger charge is -2.12. The number of aryl methyl sites for hydroxylation is 1. The predicted octanol–water partition coefficient (Wildman–Crippen LogP) is 2.11. The molecule has 6 heteroatoms. The predicted molar refractivity (Wildman–Crippen MR) is 68.7 cm³/mol. The Balaban J connectivity index is 2.66. The number of aromatic hydroxyl groups is 1. The number of hydrogen-bond acceptors (Lipinski definition) is 4. The highest BCUT2D eigenvalue weighted by Gasteiger charge is 2.19. The van der Waals surface area contributed by atoms with Crippen molar-refractivity contribution in [3.8, 4) is 22.8 Å². The van der Waals surface area contributed by atoms with Gasteiger partial charge in [0.2, 0.25) is 0 Å². The van der Waals surface area contributed by atoms with Crippen LogP contribution in [-0.4, -0.2) is 33.5 Å². The number of phenols is 1. The summed E-state index contributed by atoms with van der Waals surface area (Å²) in [5, 5.41) is 25.4. The number of hydrogen-bond donors (Lipinski definition) is 3. The second-order valence-corrected chi connectivity index (χ2v) is 4.22. The van der Waals surface area contributed by atoms with Gasteiger partial charge < -0.3 is 14.9 Å². The maximum Gasteiger partial charge on any atom is 0.353 e. The Morgan fingerprint density at radius 3 is 2.58 bits per heavy atom. The first-order valence-electron chi connectivity index (χ1n) is 5.62. The Bertz CT molecular complexity index is 646. The van der Waals surface area contributed by atoms with Gasteiger partial charge >= 0.3 is 5.97 Å². The highest BCUT2D eigenvalue weighted by molar-refractivity contribution is 5.88. The van der Waals surface area contributed by atoms with Crippen LogP contribution in [0.25, 0.3) is 11.3 Å². The van der Waals surface area contributed by atoms with E-state index in [0.29, 0.717) is 17.0 Å². The summed E-state index contributed by atoms with van der Waals surface area (Å²) >= 11 is 0. The highest BCUT2D eigenvalue weighted by Crippen LogP contribution is 2.40. The number of aromatic nitrogens is 2. The molecule has 1 aromatic heterocycles. The Kier molecular flexibility index (Phi) is 3.16. The van der Waals surface area contributed by atoms with Crippen molar-refractivity contribution in [1.82, 2.24) is 10.2 Å². The number of ether oxygens (including phenoxy) is 1. The SMILES string of the molecule is COc1cc(C)c(C)c(-c2cc(C(=O)O)[nH]n2)c1O. The molecule has 1 aromatic carbocycles. The fraction of sp³-hybridized carbons (Fsp3) is 0.231. The summed E-state index contributed by atoms with van der Waals surface area (Å²) in [4.78, 5) is 10.8. The first kappa shape index (κ1) is 12.9. The number of methoxy groups -OCH3 is 1. The minimum absolute atomic E-state index is 0.0331. The topological polar surface area (TPSA) is 95.4 Å². The number of rotatable bonds is 3. The molecule has 1 heterocycles. The van der Waals surface area contributed by atoms with Crippen LogP contribution in [0.15, 0.2) is 12.1 Å². The summed E-state index contributed by atoms with van der Waals surface area (Å²) in [6, 6.07) is 3.10. The van der Waals surface area contributed by atoms with E-state index in [9.17, 15) is 9.90 Å². The average molecular weight is 262 g/mol. The molecule has 0 bridgehead atoms. The molecule has 100 valence electrons. The first-order chi connectivity index (χ1) is 8.95. The zero-order valence-electron chi connectivity index (χ0n) is 10.8. The molecule has 0 saturated carbocycles. The Hall–Kier alpha value is -2.50. The van der Waals surface area contributed by atoms with Crippen LogP contribution in [0.4, 0.5) is 0 Å². The zero-order chi connectivity index (χ0) is 14.2. The van der Waals surface area contributed by atoms with Crippen molar-refractivity contribution in [2.75, 3.05) is 7.11 Å². The number of carboxylic acid groups (broad SMARTS) is 1. The molecule has 19 heavy (non-hydrogen) atoms. The minimum Gasteiger partial charge on any atom is -0.504 e. The van der Waals surface area contributed by atoms with Crippen LogP contribution >= 0.6 is 0 Å². The summed E-state index contributed by atoms with van der Waals surface area (Å²) in [6.07, 6.45) is 0. The maximum atomic E-state index is 10.8. The molecule has 0 saturated heterocycles. The lowest BCUT2D eigenvalue weighted by molar-refractivity contribution is 0.0690. The van der Waals surface area contributed by atoms with Crippen LogP contribution in [0.3, 0.4) is 0 Å². The number of phenolic OH excluding ortho intramolecular Hbond substituents is 1. The van der Waals surface area contributed by atoms with Gasteiger partial charge in [-0.05, 0) is 37.1 Å². The monoisotopic (exact) mass is 262 g/mol. The summed E-state index contributed by atoms with van der Waals surface area (Å²) in [7, 11) is 1.46. The third-order valence-electron chi connectivity index (χ3n) is 3.07. The Morgan fingerprint density at radius 1 is 1.37 bits per heavy atom. The number of H-pyrrole nitrogens is 1. The number of nitrogens with one attached hydrogen (secondary N) is 1. The molecule has 0 spiro atoms. The summed E-state index contributed by atoms with van der Waals surface area (Å²) in [6.45, 7) is 3.71. The van der Waals surface area contributed by atoms with E-state index in [2.05, 4.69) is 10.2 Å². The van der Waals surface area contributed by atoms with Crippen LogP contribution in [0.5, 0.6) is 11.5 Å². The normalized spacial score (nSPS) is 10.5. The van der Waals surface area contributed by atoms with E-state index < -0.39 is 5.97 Å². The Morgan fingerprint density at radius 2 is 2.05 bits per heavy atom. The molecule has 6 nitrogen and oxygen atoms in total. The van der Waals surface area contributed by atoms with Crippen molar-refractivity contribution < 1.29 is 19.7 Å². The van der Waals surface area contributed by atoms with Crippen LogP contribution in [0, 0.1) is 13.8 Å². The lowest BCUT2D eigenvalue weighted by Crippen LogP contribution is -1.95. The minimum atomic E-state index is -1.10. The molecule has 0 aliphatic rings. The first-order valence-corrected chi connectivity index (χ1v) is 5.62. The molecule has 0 aliphatic heterocycles. The maximum absolute atomic E-state index is 10.8. The van der Waals surface area contributed by atoms with Crippen molar-refractivity contribution in [3.63, 3.8) is 0 Å². The third-order valence-corrected chi connectivity index (χ3v) is 3.07. The second kappa shape index (κ2) is 4.64. The van der Waals surface area contributed by atoms with E-state index in [4.69, 9.17) is 9.84 Å². The summed E-state index contributed by atoms with van der Waals surface area (Å²) in [5.74, 6) is -0.817. The smallest absolute Gasteiger partial charge is 0.353 e. The average Bonchev–Trinajstić information content (AvgIpc) is 2.83. The Labute approximate surface area is 109 Å². The third kappa shape index (κ3) is 2.12. The van der Waals surface area contributed by atoms with Crippen molar-refractivity contribution in [1.29, 1.82) is 0 Å². The van der Waals surface area contributed by atoms with Gasteiger partial charge in [-0.3, -0.25) is 5.10 Å². The molecule has 0 atom stereocenters. The van der Waals surface area contributed by atoms with Gasteiger partial charge in [0.1, 0.15) is 5.69 Å².